The van der Waals surface area contributed by atoms with E-state index < -0.39 is 5.41 Å². The van der Waals surface area contributed by atoms with Gasteiger partial charge < -0.3 is 4.90 Å². The molecule has 9 aromatic carbocycles. The van der Waals surface area contributed by atoms with Gasteiger partial charge in [0.15, 0.2) is 0 Å². The molecule has 0 aliphatic heterocycles. The summed E-state index contributed by atoms with van der Waals surface area (Å²) in [5.41, 5.74) is 20.7. The van der Waals surface area contributed by atoms with Gasteiger partial charge in [-0.1, -0.05) is 202 Å². The lowest BCUT2D eigenvalue weighted by atomic mass is 9.68. The third-order valence-electron chi connectivity index (χ3n) is 12.9. The zero-order chi connectivity index (χ0) is 39.6. The highest BCUT2D eigenvalue weighted by Gasteiger charge is 2.46. The molecule has 0 heterocycles. The quantitative estimate of drug-likeness (QED) is 0.157. The normalized spacial score (nSPS) is 13.9. The number of rotatable bonds is 7. The van der Waals surface area contributed by atoms with E-state index in [1.807, 2.05) is 0 Å². The van der Waals surface area contributed by atoms with E-state index in [0.717, 1.165) is 17.1 Å². The summed E-state index contributed by atoms with van der Waals surface area (Å²) < 4.78 is 0. The molecule has 0 radical (unpaired) electrons. The summed E-state index contributed by atoms with van der Waals surface area (Å²) in [6.45, 7) is 4.76. The molecule has 11 rings (SSSR count). The van der Waals surface area contributed by atoms with Gasteiger partial charge >= 0.3 is 0 Å². The molecular formula is C58H43N. The summed E-state index contributed by atoms with van der Waals surface area (Å²) in [6.07, 6.45) is 0. The van der Waals surface area contributed by atoms with Gasteiger partial charge in [0.25, 0.3) is 0 Å². The Labute approximate surface area is 347 Å². The Hall–Kier alpha value is -7.22. The Morgan fingerprint density at radius 3 is 1.29 bits per heavy atom. The lowest BCUT2D eigenvalue weighted by Gasteiger charge is -2.34. The highest BCUT2D eigenvalue weighted by molar-refractivity contribution is 5.94. The lowest BCUT2D eigenvalue weighted by Crippen LogP contribution is -2.28. The Kier molecular flexibility index (Phi) is 8.13. The fourth-order valence-corrected chi connectivity index (χ4v) is 10.3. The molecule has 280 valence electrons. The minimum absolute atomic E-state index is 0.154. The topological polar surface area (TPSA) is 3.24 Å². The number of hydrogen-bond donors (Lipinski definition) is 0. The molecule has 0 N–H and O–H groups in total. The number of anilines is 3. The second-order valence-corrected chi connectivity index (χ2v) is 16.5. The van der Waals surface area contributed by atoms with Crippen LogP contribution in [-0.2, 0) is 10.8 Å². The van der Waals surface area contributed by atoms with Crippen molar-refractivity contribution in [1.29, 1.82) is 0 Å². The molecule has 0 saturated carbocycles. The Bertz CT molecular complexity index is 2930. The zero-order valence-corrected chi connectivity index (χ0v) is 33.3. The highest BCUT2D eigenvalue weighted by atomic mass is 15.1. The predicted octanol–water partition coefficient (Wildman–Crippen LogP) is 15.2. The van der Waals surface area contributed by atoms with Gasteiger partial charge in [0.2, 0.25) is 0 Å². The lowest BCUT2D eigenvalue weighted by molar-refractivity contribution is 0.662. The average Bonchev–Trinajstić information content (AvgIpc) is 3.73. The third kappa shape index (κ3) is 5.39. The zero-order valence-electron chi connectivity index (χ0n) is 33.3. The number of hydrogen-bond acceptors (Lipinski definition) is 1. The van der Waals surface area contributed by atoms with Crippen LogP contribution in [0.15, 0.2) is 224 Å². The molecule has 2 aliphatic rings. The number of nitrogens with zero attached hydrogens (tertiary/aromatic N) is 1. The summed E-state index contributed by atoms with van der Waals surface area (Å²) in [6, 6.07) is 82.9. The van der Waals surface area contributed by atoms with E-state index >= 15 is 0 Å². The molecular weight excluding hydrogens is 711 g/mol. The Morgan fingerprint density at radius 1 is 0.305 bits per heavy atom. The fourth-order valence-electron chi connectivity index (χ4n) is 10.3. The van der Waals surface area contributed by atoms with Gasteiger partial charge in [-0.3, -0.25) is 0 Å². The van der Waals surface area contributed by atoms with Gasteiger partial charge in [0.05, 0.1) is 5.41 Å². The molecule has 0 fully saturated rings. The summed E-state index contributed by atoms with van der Waals surface area (Å²) in [7, 11) is 0. The number of benzene rings is 9. The van der Waals surface area contributed by atoms with Gasteiger partial charge in [0.1, 0.15) is 0 Å². The molecule has 0 atom stereocenters. The maximum absolute atomic E-state index is 2.45. The second kappa shape index (κ2) is 13.7. The van der Waals surface area contributed by atoms with Crippen molar-refractivity contribution in [3.05, 3.63) is 258 Å². The van der Waals surface area contributed by atoms with Crippen LogP contribution < -0.4 is 4.90 Å². The molecule has 1 nitrogen and oxygen atoms in total. The molecule has 2 aliphatic carbocycles. The van der Waals surface area contributed by atoms with Crippen molar-refractivity contribution in [3.63, 3.8) is 0 Å². The first-order valence-electron chi connectivity index (χ1n) is 20.7. The molecule has 0 bridgehead atoms. The van der Waals surface area contributed by atoms with Crippen molar-refractivity contribution >= 4 is 17.1 Å². The second-order valence-electron chi connectivity index (χ2n) is 16.5. The van der Waals surface area contributed by atoms with Crippen molar-refractivity contribution in [2.45, 2.75) is 24.7 Å². The van der Waals surface area contributed by atoms with Crippen LogP contribution in [0.2, 0.25) is 0 Å². The van der Waals surface area contributed by atoms with Gasteiger partial charge in [-0.05, 0) is 114 Å². The molecule has 59 heavy (non-hydrogen) atoms. The minimum Gasteiger partial charge on any atom is -0.310 e. The monoisotopic (exact) mass is 753 g/mol. The SMILES string of the molecule is CC1(C)c2ccccc2-c2cc(N(c3ccc(-c4ccccc4)cc3)c3ccc(C4(c5ccccc5)c5ccccc5-c5ccccc54)cc3)cc(-c3ccccc3)c21. The van der Waals surface area contributed by atoms with Crippen molar-refractivity contribution < 1.29 is 0 Å². The summed E-state index contributed by atoms with van der Waals surface area (Å²) >= 11 is 0. The maximum Gasteiger partial charge on any atom is 0.0713 e. The fraction of sp³-hybridized carbons (Fsp3) is 0.0690. The van der Waals surface area contributed by atoms with Crippen molar-refractivity contribution in [1.82, 2.24) is 0 Å². The van der Waals surface area contributed by atoms with Crippen molar-refractivity contribution in [3.8, 4) is 44.5 Å². The van der Waals surface area contributed by atoms with E-state index in [1.54, 1.807) is 0 Å². The molecule has 9 aromatic rings. The van der Waals surface area contributed by atoms with E-state index in [0.29, 0.717) is 0 Å². The largest absolute Gasteiger partial charge is 0.310 e. The van der Waals surface area contributed by atoms with Gasteiger partial charge in [-0.15, -0.1) is 0 Å². The van der Waals surface area contributed by atoms with Gasteiger partial charge in [0, 0.05) is 22.5 Å². The summed E-state index contributed by atoms with van der Waals surface area (Å²) in [4.78, 5) is 2.45. The first-order chi connectivity index (χ1) is 29.0. The van der Waals surface area contributed by atoms with E-state index in [2.05, 4.69) is 243 Å². The van der Waals surface area contributed by atoms with Crippen LogP contribution in [0.25, 0.3) is 44.5 Å². The summed E-state index contributed by atoms with van der Waals surface area (Å²) in [5.74, 6) is 0. The molecule has 0 saturated heterocycles. The van der Waals surface area contributed by atoms with E-state index in [1.165, 1.54) is 77.9 Å². The van der Waals surface area contributed by atoms with Crippen LogP contribution in [0.1, 0.15) is 47.2 Å². The van der Waals surface area contributed by atoms with Crippen LogP contribution in [0.5, 0.6) is 0 Å². The molecule has 0 unspecified atom stereocenters. The van der Waals surface area contributed by atoms with Crippen LogP contribution in [0.3, 0.4) is 0 Å². The van der Waals surface area contributed by atoms with Crippen molar-refractivity contribution in [2.75, 3.05) is 4.90 Å². The molecule has 0 spiro atoms. The Balaban J connectivity index is 1.14. The third-order valence-corrected chi connectivity index (χ3v) is 12.9. The van der Waals surface area contributed by atoms with E-state index in [9.17, 15) is 0 Å². The maximum atomic E-state index is 2.45. The molecule has 0 aromatic heterocycles. The van der Waals surface area contributed by atoms with E-state index in [4.69, 9.17) is 0 Å². The highest BCUT2D eigenvalue weighted by Crippen LogP contribution is 2.57. The van der Waals surface area contributed by atoms with Crippen LogP contribution in [-0.4, -0.2) is 0 Å². The van der Waals surface area contributed by atoms with Gasteiger partial charge in [-0.25, -0.2) is 0 Å². The molecule has 1 heteroatoms. The Morgan fingerprint density at radius 2 is 0.712 bits per heavy atom. The smallest absolute Gasteiger partial charge is 0.0713 e. The van der Waals surface area contributed by atoms with Crippen LogP contribution in [0, 0.1) is 0 Å². The van der Waals surface area contributed by atoms with Crippen molar-refractivity contribution in [2.24, 2.45) is 0 Å². The van der Waals surface area contributed by atoms with Crippen LogP contribution in [0.4, 0.5) is 17.1 Å². The molecule has 0 amide bonds. The summed E-state index contributed by atoms with van der Waals surface area (Å²) in [5, 5.41) is 0. The standard InChI is InChI=1S/C58H43N/c1-57(2)53-27-15-12-26-50(53)52-39-47(38-51(56(52)57)42-20-8-4-9-21-42)59(45-34-30-41(31-35-45)40-18-6-3-7-19-40)46-36-32-44(33-37-46)58(43-22-10-5-11-23-43)54-28-16-13-24-48(54)49-25-14-17-29-55(49)58/h3-39H,1-2H3. The number of fused-ring (bicyclic) bond motifs is 6. The predicted molar refractivity (Wildman–Crippen MR) is 247 cm³/mol. The first-order valence-corrected chi connectivity index (χ1v) is 20.7. The van der Waals surface area contributed by atoms with Gasteiger partial charge in [-0.2, -0.15) is 0 Å². The average molecular weight is 754 g/mol. The first kappa shape index (κ1) is 35.0. The van der Waals surface area contributed by atoms with E-state index in [-0.39, 0.29) is 5.41 Å². The van der Waals surface area contributed by atoms with Crippen LogP contribution >= 0.6 is 0 Å². The minimum atomic E-state index is -0.460.